The highest BCUT2D eigenvalue weighted by molar-refractivity contribution is 5.67. The molecule has 0 bridgehead atoms. The summed E-state index contributed by atoms with van der Waals surface area (Å²) < 4.78 is 1.67. The molecule has 3 nitrogen and oxygen atoms in total. The van der Waals surface area contributed by atoms with Gasteiger partial charge < -0.3 is 0 Å². The number of aryl methyl sites for hydroxylation is 3. The Bertz CT molecular complexity index is 945. The van der Waals surface area contributed by atoms with Gasteiger partial charge >= 0.3 is 0 Å². The van der Waals surface area contributed by atoms with Crippen LogP contribution in [0.3, 0.4) is 0 Å². The maximum atomic E-state index is 13.0. The summed E-state index contributed by atoms with van der Waals surface area (Å²) in [5, 5.41) is 3.36. The number of nitrogens with one attached hydrogen (secondary N) is 1. The van der Waals surface area contributed by atoms with Crippen molar-refractivity contribution >= 4 is 0 Å². The Morgan fingerprint density at radius 3 is 2.25 bits per heavy atom. The zero-order valence-electron chi connectivity index (χ0n) is 15.0. The molecule has 124 valence electrons. The average molecular weight is 320 g/mol. The van der Waals surface area contributed by atoms with Crippen LogP contribution < -0.4 is 5.56 Å². The first-order valence-corrected chi connectivity index (χ1v) is 8.38. The van der Waals surface area contributed by atoms with Gasteiger partial charge in [-0.1, -0.05) is 44.2 Å². The van der Waals surface area contributed by atoms with Crippen LogP contribution >= 0.6 is 0 Å². The minimum atomic E-state index is 0.0338. The van der Waals surface area contributed by atoms with Crippen LogP contribution in [0.15, 0.2) is 47.3 Å². The van der Waals surface area contributed by atoms with E-state index in [0.29, 0.717) is 0 Å². The molecule has 1 aromatic heterocycles. The molecule has 0 aliphatic rings. The predicted octanol–water partition coefficient (Wildman–Crippen LogP) is 4.88. The molecular weight excluding hydrogens is 296 g/mol. The van der Waals surface area contributed by atoms with Crippen LogP contribution in [0.4, 0.5) is 0 Å². The molecule has 24 heavy (non-hydrogen) atoms. The molecule has 3 heteroatoms. The molecule has 0 atom stereocenters. The molecule has 0 saturated heterocycles. The van der Waals surface area contributed by atoms with Gasteiger partial charge in [-0.15, -0.1) is 0 Å². The lowest BCUT2D eigenvalue weighted by Crippen LogP contribution is -2.18. The summed E-state index contributed by atoms with van der Waals surface area (Å²) in [6.45, 7) is 10.4. The molecule has 0 radical (unpaired) electrons. The van der Waals surface area contributed by atoms with E-state index in [9.17, 15) is 4.79 Å². The molecular formula is C21H24N2O. The lowest BCUT2D eigenvalue weighted by molar-refractivity contribution is 0.824. The SMILES string of the molecule is Cc1ccc(-n2[nH]c(-c3ccccc3C)c(C(C)C)c2=O)cc1C. The van der Waals surface area contributed by atoms with Gasteiger partial charge in [-0.2, -0.15) is 0 Å². The molecule has 3 rings (SSSR count). The molecule has 3 aromatic rings. The van der Waals surface area contributed by atoms with Crippen molar-refractivity contribution < 1.29 is 0 Å². The van der Waals surface area contributed by atoms with Crippen molar-refractivity contribution in [2.24, 2.45) is 0 Å². The summed E-state index contributed by atoms with van der Waals surface area (Å²) in [6, 6.07) is 14.3. The van der Waals surface area contributed by atoms with E-state index in [-0.39, 0.29) is 11.5 Å². The second kappa shape index (κ2) is 6.16. The topological polar surface area (TPSA) is 37.8 Å². The van der Waals surface area contributed by atoms with Crippen LogP contribution in [-0.4, -0.2) is 9.78 Å². The Kier molecular flexibility index (Phi) is 4.18. The maximum absolute atomic E-state index is 13.0. The first-order chi connectivity index (χ1) is 11.4. The number of nitrogens with zero attached hydrogens (tertiary/aromatic N) is 1. The number of aromatic nitrogens is 2. The van der Waals surface area contributed by atoms with E-state index in [2.05, 4.69) is 64.0 Å². The highest BCUT2D eigenvalue weighted by Gasteiger charge is 2.20. The van der Waals surface area contributed by atoms with Crippen molar-refractivity contribution in [3.63, 3.8) is 0 Å². The second-order valence-corrected chi connectivity index (χ2v) is 6.78. The van der Waals surface area contributed by atoms with Gasteiger partial charge in [0.05, 0.1) is 11.4 Å². The van der Waals surface area contributed by atoms with E-state index in [1.54, 1.807) is 4.68 Å². The molecule has 2 aromatic carbocycles. The summed E-state index contributed by atoms with van der Waals surface area (Å²) in [6.07, 6.45) is 0. The Hall–Kier alpha value is -2.55. The zero-order chi connectivity index (χ0) is 17.4. The summed E-state index contributed by atoms with van der Waals surface area (Å²) in [4.78, 5) is 13.0. The lowest BCUT2D eigenvalue weighted by Gasteiger charge is -2.08. The predicted molar refractivity (Wildman–Crippen MR) is 100 cm³/mol. The molecule has 0 spiro atoms. The van der Waals surface area contributed by atoms with Gasteiger partial charge in [0.15, 0.2) is 0 Å². The van der Waals surface area contributed by atoms with E-state index in [4.69, 9.17) is 0 Å². The van der Waals surface area contributed by atoms with E-state index >= 15 is 0 Å². The fourth-order valence-corrected chi connectivity index (χ4v) is 3.09. The third-order valence-corrected chi connectivity index (χ3v) is 4.67. The van der Waals surface area contributed by atoms with E-state index in [0.717, 1.165) is 28.1 Å². The van der Waals surface area contributed by atoms with Crippen molar-refractivity contribution in [3.8, 4) is 16.9 Å². The molecule has 0 aliphatic heterocycles. The number of hydrogen-bond acceptors (Lipinski definition) is 1. The molecule has 1 N–H and O–H groups in total. The molecule has 0 fully saturated rings. The molecule has 0 amide bonds. The molecule has 0 aliphatic carbocycles. The highest BCUT2D eigenvalue weighted by atomic mass is 16.1. The van der Waals surface area contributed by atoms with Crippen LogP contribution in [0.1, 0.15) is 42.0 Å². The van der Waals surface area contributed by atoms with Gasteiger partial charge in [0.2, 0.25) is 0 Å². The second-order valence-electron chi connectivity index (χ2n) is 6.78. The van der Waals surface area contributed by atoms with Crippen molar-refractivity contribution in [1.82, 2.24) is 9.78 Å². The third kappa shape index (κ3) is 2.71. The van der Waals surface area contributed by atoms with Gasteiger partial charge in [-0.25, -0.2) is 4.68 Å². The van der Waals surface area contributed by atoms with Crippen molar-refractivity contribution in [2.45, 2.75) is 40.5 Å². The third-order valence-electron chi connectivity index (χ3n) is 4.67. The molecule has 1 heterocycles. The van der Waals surface area contributed by atoms with Gasteiger partial charge in [0, 0.05) is 11.1 Å². The number of aromatic amines is 1. The van der Waals surface area contributed by atoms with Crippen molar-refractivity contribution in [2.75, 3.05) is 0 Å². The quantitative estimate of drug-likeness (QED) is 0.733. The van der Waals surface area contributed by atoms with Crippen LogP contribution in [0.5, 0.6) is 0 Å². The average Bonchev–Trinajstić information content (AvgIpc) is 2.88. The number of hydrogen-bond donors (Lipinski definition) is 1. The standard InChI is InChI=1S/C21H24N2O/c1-13(2)19-20(18-9-7-6-8-15(18)4)22-23(21(19)24)17-11-10-14(3)16(5)12-17/h6-13,22H,1-5H3. The van der Waals surface area contributed by atoms with Crippen LogP contribution in [0, 0.1) is 20.8 Å². The van der Waals surface area contributed by atoms with Crippen molar-refractivity contribution in [1.29, 1.82) is 0 Å². The fraction of sp³-hybridized carbons (Fsp3) is 0.286. The largest absolute Gasteiger partial charge is 0.290 e. The summed E-state index contributed by atoms with van der Waals surface area (Å²) in [5.74, 6) is 0.149. The van der Waals surface area contributed by atoms with Gasteiger partial charge in [-0.3, -0.25) is 9.89 Å². The Labute approximate surface area is 143 Å². The van der Waals surface area contributed by atoms with Crippen LogP contribution in [0.2, 0.25) is 0 Å². The van der Waals surface area contributed by atoms with Crippen molar-refractivity contribution in [3.05, 3.63) is 75.1 Å². The number of H-pyrrole nitrogens is 1. The first-order valence-electron chi connectivity index (χ1n) is 8.38. The Balaban J connectivity index is 2.27. The van der Waals surface area contributed by atoms with E-state index in [1.807, 2.05) is 18.2 Å². The normalized spacial score (nSPS) is 11.2. The number of benzene rings is 2. The number of rotatable bonds is 3. The monoisotopic (exact) mass is 320 g/mol. The lowest BCUT2D eigenvalue weighted by atomic mass is 9.97. The molecule has 0 unspecified atom stereocenters. The van der Waals surface area contributed by atoms with Gasteiger partial charge in [0.25, 0.3) is 5.56 Å². The minimum Gasteiger partial charge on any atom is -0.290 e. The Morgan fingerprint density at radius 1 is 0.917 bits per heavy atom. The van der Waals surface area contributed by atoms with Crippen LogP contribution in [-0.2, 0) is 0 Å². The Morgan fingerprint density at radius 2 is 1.62 bits per heavy atom. The van der Waals surface area contributed by atoms with Gasteiger partial charge in [-0.05, 0) is 55.5 Å². The summed E-state index contributed by atoms with van der Waals surface area (Å²) >= 11 is 0. The van der Waals surface area contributed by atoms with E-state index in [1.165, 1.54) is 11.1 Å². The summed E-state index contributed by atoms with van der Waals surface area (Å²) in [7, 11) is 0. The maximum Gasteiger partial charge on any atom is 0.275 e. The van der Waals surface area contributed by atoms with Crippen LogP contribution in [0.25, 0.3) is 16.9 Å². The smallest absolute Gasteiger partial charge is 0.275 e. The van der Waals surface area contributed by atoms with Gasteiger partial charge in [0.1, 0.15) is 0 Å². The molecule has 0 saturated carbocycles. The summed E-state index contributed by atoms with van der Waals surface area (Å²) in [5.41, 5.74) is 7.32. The fourth-order valence-electron chi connectivity index (χ4n) is 3.09. The highest BCUT2D eigenvalue weighted by Crippen LogP contribution is 2.28. The first kappa shape index (κ1) is 16.3. The zero-order valence-corrected chi connectivity index (χ0v) is 15.0. The van der Waals surface area contributed by atoms with E-state index < -0.39 is 0 Å². The minimum absolute atomic E-state index is 0.0338.